The minimum atomic E-state index is -0.193. The van der Waals surface area contributed by atoms with Crippen LogP contribution in [0.4, 0.5) is 0 Å². The third kappa shape index (κ3) is 5.80. The molecule has 0 saturated carbocycles. The number of halogens is 1. The molecule has 5 nitrogen and oxygen atoms in total. The maximum absolute atomic E-state index is 11.9. The van der Waals surface area contributed by atoms with Crippen molar-refractivity contribution in [3.63, 3.8) is 0 Å². The molecule has 2 heterocycles. The number of hydrogen-bond donors (Lipinski definition) is 0. The van der Waals surface area contributed by atoms with Gasteiger partial charge >= 0.3 is 0 Å². The molecule has 2 aromatic rings. The van der Waals surface area contributed by atoms with E-state index in [2.05, 4.69) is 28.8 Å². The highest BCUT2D eigenvalue weighted by Gasteiger charge is 2.04. The van der Waals surface area contributed by atoms with Gasteiger partial charge in [0.05, 0.1) is 17.3 Å². The molecule has 0 amide bonds. The minimum Gasteiger partial charge on any atom is -0.380 e. The molecule has 2 rings (SSSR count). The molecule has 24 heavy (non-hydrogen) atoms. The first-order valence-corrected chi connectivity index (χ1v) is 8.32. The van der Waals surface area contributed by atoms with Crippen LogP contribution in [0.1, 0.15) is 26.2 Å². The minimum absolute atomic E-state index is 0.193. The van der Waals surface area contributed by atoms with Crippen LogP contribution in [0.15, 0.2) is 35.3 Å². The van der Waals surface area contributed by atoms with Gasteiger partial charge in [-0.05, 0) is 24.6 Å². The summed E-state index contributed by atoms with van der Waals surface area (Å²) in [5.41, 5.74) is 1.07. The van der Waals surface area contributed by atoms with E-state index in [4.69, 9.17) is 16.3 Å². The molecule has 0 fully saturated rings. The molecule has 0 unspecified atom stereocenters. The monoisotopic (exact) mass is 345 g/mol. The zero-order valence-corrected chi connectivity index (χ0v) is 14.4. The fourth-order valence-electron chi connectivity index (χ4n) is 1.92. The Morgan fingerprint density at radius 3 is 2.75 bits per heavy atom. The highest BCUT2D eigenvalue weighted by Crippen LogP contribution is 2.14. The summed E-state index contributed by atoms with van der Waals surface area (Å²) in [6.45, 7) is 3.76. The third-order valence-corrected chi connectivity index (χ3v) is 3.45. The first kappa shape index (κ1) is 18.2. The Morgan fingerprint density at radius 1 is 1.17 bits per heavy atom. The van der Waals surface area contributed by atoms with Crippen LogP contribution in [-0.4, -0.2) is 28.0 Å². The lowest BCUT2D eigenvalue weighted by Gasteiger charge is -2.03. The Kier molecular flexibility index (Phi) is 7.47. The fraction of sp³-hybridized carbons (Fsp3) is 0.389. The van der Waals surface area contributed by atoms with Crippen LogP contribution in [0.2, 0.25) is 5.02 Å². The van der Waals surface area contributed by atoms with Crippen molar-refractivity contribution >= 4 is 11.6 Å². The molecular formula is C18H20ClN3O2. The molecule has 0 saturated heterocycles. The standard InChI is InChI=1S/C18H20ClN3O2/c1-2-3-12-24-13-6-4-5-11-22-18(23)10-9-17(21-22)16-8-7-15(19)14-20-16/h7-10,14H,2-3,6,11-13H2,1H3. The maximum atomic E-state index is 11.9. The first-order valence-electron chi connectivity index (χ1n) is 7.94. The molecule has 0 radical (unpaired) electrons. The molecule has 2 aromatic heterocycles. The van der Waals surface area contributed by atoms with Gasteiger partial charge in [0.1, 0.15) is 12.2 Å². The summed E-state index contributed by atoms with van der Waals surface area (Å²) in [6, 6.07) is 6.61. The van der Waals surface area contributed by atoms with Crippen LogP contribution >= 0.6 is 11.6 Å². The van der Waals surface area contributed by atoms with E-state index in [0.29, 0.717) is 29.4 Å². The van der Waals surface area contributed by atoms with E-state index in [0.717, 1.165) is 19.4 Å². The van der Waals surface area contributed by atoms with Crippen molar-refractivity contribution in [1.29, 1.82) is 0 Å². The Balaban J connectivity index is 1.95. The number of nitrogens with zero attached hydrogens (tertiary/aromatic N) is 3. The second-order valence-electron chi connectivity index (χ2n) is 5.15. The van der Waals surface area contributed by atoms with E-state index >= 15 is 0 Å². The zero-order valence-electron chi connectivity index (χ0n) is 13.7. The van der Waals surface area contributed by atoms with Crippen molar-refractivity contribution in [1.82, 2.24) is 14.8 Å². The van der Waals surface area contributed by atoms with Crippen LogP contribution in [0, 0.1) is 11.8 Å². The van der Waals surface area contributed by atoms with Gasteiger partial charge < -0.3 is 4.74 Å². The third-order valence-electron chi connectivity index (χ3n) is 3.22. The quantitative estimate of drug-likeness (QED) is 0.571. The van der Waals surface area contributed by atoms with E-state index < -0.39 is 0 Å². The molecule has 0 N–H and O–H groups in total. The predicted octanol–water partition coefficient (Wildman–Crippen LogP) is 3.17. The highest BCUT2D eigenvalue weighted by molar-refractivity contribution is 6.30. The van der Waals surface area contributed by atoms with Gasteiger partial charge in [0.15, 0.2) is 0 Å². The largest absolute Gasteiger partial charge is 0.380 e. The number of rotatable bonds is 7. The smallest absolute Gasteiger partial charge is 0.267 e. The first-order chi connectivity index (χ1) is 11.7. The second-order valence-corrected chi connectivity index (χ2v) is 5.58. The average Bonchev–Trinajstić information content (AvgIpc) is 2.59. The van der Waals surface area contributed by atoms with Gasteiger partial charge in [0.2, 0.25) is 0 Å². The van der Waals surface area contributed by atoms with E-state index in [1.165, 1.54) is 10.7 Å². The van der Waals surface area contributed by atoms with Crippen LogP contribution < -0.4 is 5.56 Å². The fourth-order valence-corrected chi connectivity index (χ4v) is 2.03. The van der Waals surface area contributed by atoms with E-state index in [1.54, 1.807) is 24.4 Å². The number of aromatic nitrogens is 3. The molecular weight excluding hydrogens is 326 g/mol. The van der Waals surface area contributed by atoms with Gasteiger partial charge in [0, 0.05) is 25.3 Å². The Morgan fingerprint density at radius 2 is 2.00 bits per heavy atom. The SMILES string of the molecule is CCCCOCCC#CCn1nc(-c2ccc(Cl)cn2)ccc1=O. The van der Waals surface area contributed by atoms with Gasteiger partial charge in [-0.25, -0.2) is 4.68 Å². The number of pyridine rings is 1. The highest BCUT2D eigenvalue weighted by atomic mass is 35.5. The molecule has 0 spiro atoms. The summed E-state index contributed by atoms with van der Waals surface area (Å²) in [6.07, 6.45) is 4.39. The molecule has 126 valence electrons. The van der Waals surface area contributed by atoms with Crippen LogP contribution in [0.3, 0.4) is 0 Å². The lowest BCUT2D eigenvalue weighted by atomic mass is 10.2. The summed E-state index contributed by atoms with van der Waals surface area (Å²) in [5.74, 6) is 5.95. The van der Waals surface area contributed by atoms with Crippen molar-refractivity contribution in [2.75, 3.05) is 13.2 Å². The Labute approximate surface area is 146 Å². The zero-order chi connectivity index (χ0) is 17.2. The summed E-state index contributed by atoms with van der Waals surface area (Å²) in [5, 5.41) is 4.85. The average molecular weight is 346 g/mol. The lowest BCUT2D eigenvalue weighted by molar-refractivity contribution is 0.137. The molecule has 0 aromatic carbocycles. The maximum Gasteiger partial charge on any atom is 0.267 e. The summed E-state index contributed by atoms with van der Waals surface area (Å²) in [4.78, 5) is 16.1. The predicted molar refractivity (Wildman–Crippen MR) is 94.9 cm³/mol. The molecule has 6 heteroatoms. The van der Waals surface area contributed by atoms with Crippen LogP contribution in [-0.2, 0) is 11.3 Å². The van der Waals surface area contributed by atoms with Crippen molar-refractivity contribution in [2.45, 2.75) is 32.7 Å². The van der Waals surface area contributed by atoms with Crippen molar-refractivity contribution in [3.8, 4) is 23.2 Å². The summed E-state index contributed by atoms with van der Waals surface area (Å²) >= 11 is 5.83. The van der Waals surface area contributed by atoms with Crippen molar-refractivity contribution in [2.24, 2.45) is 0 Å². The van der Waals surface area contributed by atoms with Gasteiger partial charge in [-0.3, -0.25) is 9.78 Å². The molecule has 0 atom stereocenters. The second kappa shape index (κ2) is 9.86. The van der Waals surface area contributed by atoms with Gasteiger partial charge in [-0.15, -0.1) is 0 Å². The summed E-state index contributed by atoms with van der Waals surface area (Å²) < 4.78 is 6.76. The summed E-state index contributed by atoms with van der Waals surface area (Å²) in [7, 11) is 0. The van der Waals surface area contributed by atoms with Gasteiger partial charge in [-0.2, -0.15) is 5.10 Å². The molecule has 0 aliphatic rings. The molecule has 0 aliphatic heterocycles. The Hall–Kier alpha value is -2.16. The lowest BCUT2D eigenvalue weighted by Crippen LogP contribution is -2.21. The van der Waals surface area contributed by atoms with E-state index in [-0.39, 0.29) is 12.1 Å². The number of hydrogen-bond acceptors (Lipinski definition) is 4. The number of ether oxygens (including phenoxy) is 1. The van der Waals surface area contributed by atoms with Gasteiger partial charge in [0.25, 0.3) is 5.56 Å². The normalized spacial score (nSPS) is 10.2. The van der Waals surface area contributed by atoms with E-state index in [9.17, 15) is 4.79 Å². The number of unbranched alkanes of at least 4 members (excludes halogenated alkanes) is 1. The molecule has 0 bridgehead atoms. The van der Waals surface area contributed by atoms with E-state index in [1.807, 2.05) is 0 Å². The van der Waals surface area contributed by atoms with Crippen LogP contribution in [0.5, 0.6) is 0 Å². The van der Waals surface area contributed by atoms with Crippen molar-refractivity contribution < 1.29 is 4.74 Å². The molecule has 0 aliphatic carbocycles. The van der Waals surface area contributed by atoms with Crippen molar-refractivity contribution in [3.05, 3.63) is 45.8 Å². The van der Waals surface area contributed by atoms with Crippen LogP contribution in [0.25, 0.3) is 11.4 Å². The topological polar surface area (TPSA) is 57.0 Å². The Bertz CT molecular complexity index is 760. The van der Waals surface area contributed by atoms with Gasteiger partial charge in [-0.1, -0.05) is 36.8 Å².